The van der Waals surface area contributed by atoms with Crippen LogP contribution in [0.3, 0.4) is 0 Å². The molecular formula is C10H18O3. The van der Waals surface area contributed by atoms with E-state index in [1.807, 2.05) is 0 Å². The summed E-state index contributed by atoms with van der Waals surface area (Å²) in [7, 11) is 0. The third kappa shape index (κ3) is 3.77. The Morgan fingerprint density at radius 1 is 1.62 bits per heavy atom. The molecule has 0 amide bonds. The maximum Gasteiger partial charge on any atom is 0.303 e. The first-order valence-electron chi connectivity index (χ1n) is 4.89. The van der Waals surface area contributed by atoms with E-state index in [1.54, 1.807) is 0 Å². The molecule has 3 nitrogen and oxygen atoms in total. The number of aliphatic carboxylic acids is 1. The fourth-order valence-electron chi connectivity index (χ4n) is 1.81. The predicted molar refractivity (Wildman–Crippen MR) is 49.7 cm³/mol. The summed E-state index contributed by atoms with van der Waals surface area (Å²) in [5.74, 6) is -0.730. The first kappa shape index (κ1) is 10.5. The summed E-state index contributed by atoms with van der Waals surface area (Å²) >= 11 is 0. The molecule has 0 spiro atoms. The van der Waals surface area contributed by atoms with Gasteiger partial charge in [0.25, 0.3) is 0 Å². The summed E-state index contributed by atoms with van der Waals surface area (Å²) in [6.07, 6.45) is 4.27. The molecule has 1 saturated heterocycles. The molecule has 1 fully saturated rings. The van der Waals surface area contributed by atoms with E-state index in [0.29, 0.717) is 6.42 Å². The predicted octanol–water partition coefficient (Wildman–Crippen LogP) is 2.20. The van der Waals surface area contributed by atoms with Crippen LogP contribution in [0.2, 0.25) is 0 Å². The Balaban J connectivity index is 2.30. The van der Waals surface area contributed by atoms with E-state index < -0.39 is 5.97 Å². The molecule has 0 saturated carbocycles. The molecule has 1 unspecified atom stereocenters. The smallest absolute Gasteiger partial charge is 0.303 e. The molecule has 1 rings (SSSR count). The number of ether oxygens (including phenoxy) is 1. The average Bonchev–Trinajstić information content (AvgIpc) is 1.99. The van der Waals surface area contributed by atoms with Crippen molar-refractivity contribution < 1.29 is 14.6 Å². The molecule has 0 aliphatic carbocycles. The van der Waals surface area contributed by atoms with Gasteiger partial charge >= 0.3 is 5.97 Å². The van der Waals surface area contributed by atoms with Crippen molar-refractivity contribution in [3.8, 4) is 0 Å². The monoisotopic (exact) mass is 186 g/mol. The number of hydrogen-bond acceptors (Lipinski definition) is 2. The fraction of sp³-hybridized carbons (Fsp3) is 0.900. The minimum absolute atomic E-state index is 0.0541. The number of carboxylic acid groups (broad SMARTS) is 1. The highest BCUT2D eigenvalue weighted by Gasteiger charge is 2.28. The van der Waals surface area contributed by atoms with Gasteiger partial charge in [0, 0.05) is 6.42 Å². The number of carboxylic acids is 1. The van der Waals surface area contributed by atoms with Crippen molar-refractivity contribution in [2.75, 3.05) is 0 Å². The molecule has 1 N–H and O–H groups in total. The minimum atomic E-state index is -0.730. The maximum atomic E-state index is 10.3. The molecule has 1 heterocycles. The Hall–Kier alpha value is -0.570. The van der Waals surface area contributed by atoms with Crippen LogP contribution >= 0.6 is 0 Å². The molecule has 0 aromatic carbocycles. The molecular weight excluding hydrogens is 168 g/mol. The zero-order chi connectivity index (χ0) is 9.90. The quantitative estimate of drug-likeness (QED) is 0.735. The van der Waals surface area contributed by atoms with Gasteiger partial charge in [0.15, 0.2) is 0 Å². The van der Waals surface area contributed by atoms with Crippen LogP contribution < -0.4 is 0 Å². The van der Waals surface area contributed by atoms with E-state index in [4.69, 9.17) is 9.84 Å². The highest BCUT2D eigenvalue weighted by Crippen LogP contribution is 2.29. The Labute approximate surface area is 79.1 Å². The molecule has 3 heteroatoms. The second-order valence-corrected chi connectivity index (χ2v) is 4.32. The second-order valence-electron chi connectivity index (χ2n) is 4.32. The van der Waals surface area contributed by atoms with Crippen molar-refractivity contribution in [1.82, 2.24) is 0 Å². The molecule has 0 radical (unpaired) electrons. The van der Waals surface area contributed by atoms with Crippen LogP contribution in [0.25, 0.3) is 0 Å². The lowest BCUT2D eigenvalue weighted by Gasteiger charge is -2.35. The zero-order valence-electron chi connectivity index (χ0n) is 8.38. The van der Waals surface area contributed by atoms with Crippen molar-refractivity contribution in [3.63, 3.8) is 0 Å². The average molecular weight is 186 g/mol. The highest BCUT2D eigenvalue weighted by atomic mass is 16.5. The molecule has 76 valence electrons. The Kier molecular flexibility index (Phi) is 3.31. The number of hydrogen-bond donors (Lipinski definition) is 1. The van der Waals surface area contributed by atoms with Crippen molar-refractivity contribution in [3.05, 3.63) is 0 Å². The van der Waals surface area contributed by atoms with Gasteiger partial charge in [0.05, 0.1) is 11.7 Å². The number of carbonyl (C=O) groups is 1. The summed E-state index contributed by atoms with van der Waals surface area (Å²) in [6.45, 7) is 4.14. The van der Waals surface area contributed by atoms with Gasteiger partial charge in [-0.25, -0.2) is 0 Å². The summed E-state index contributed by atoms with van der Waals surface area (Å²) in [6, 6.07) is 0. The van der Waals surface area contributed by atoms with Gasteiger partial charge in [-0.3, -0.25) is 4.79 Å². The van der Waals surface area contributed by atoms with Crippen molar-refractivity contribution in [2.45, 2.75) is 57.7 Å². The third-order valence-electron chi connectivity index (χ3n) is 2.47. The summed E-state index contributed by atoms with van der Waals surface area (Å²) in [5, 5.41) is 8.52. The zero-order valence-corrected chi connectivity index (χ0v) is 8.38. The van der Waals surface area contributed by atoms with Crippen LogP contribution in [-0.4, -0.2) is 22.8 Å². The minimum Gasteiger partial charge on any atom is -0.481 e. The SMILES string of the molecule is CC1(C)CCCC(CCC(=O)O)O1. The van der Waals surface area contributed by atoms with Crippen molar-refractivity contribution in [1.29, 1.82) is 0 Å². The van der Waals surface area contributed by atoms with Gasteiger partial charge in [-0.15, -0.1) is 0 Å². The lowest BCUT2D eigenvalue weighted by Crippen LogP contribution is -2.35. The standard InChI is InChI=1S/C10H18O3/c1-10(2)7-3-4-8(13-10)5-6-9(11)12/h8H,3-7H2,1-2H3,(H,11,12). The highest BCUT2D eigenvalue weighted by molar-refractivity contribution is 5.66. The molecule has 1 aliphatic rings. The first-order chi connectivity index (χ1) is 5.99. The molecule has 1 atom stereocenters. The Morgan fingerprint density at radius 3 is 2.85 bits per heavy atom. The molecule has 1 aliphatic heterocycles. The summed E-state index contributed by atoms with van der Waals surface area (Å²) < 4.78 is 5.76. The summed E-state index contributed by atoms with van der Waals surface area (Å²) in [4.78, 5) is 10.3. The van der Waals surface area contributed by atoms with Crippen molar-refractivity contribution in [2.24, 2.45) is 0 Å². The van der Waals surface area contributed by atoms with Crippen LogP contribution in [-0.2, 0) is 9.53 Å². The van der Waals surface area contributed by atoms with Gasteiger partial charge in [-0.1, -0.05) is 0 Å². The largest absolute Gasteiger partial charge is 0.481 e. The third-order valence-corrected chi connectivity index (χ3v) is 2.47. The van der Waals surface area contributed by atoms with Gasteiger partial charge in [-0.2, -0.15) is 0 Å². The van der Waals surface area contributed by atoms with Gasteiger partial charge in [0.2, 0.25) is 0 Å². The lowest BCUT2D eigenvalue weighted by molar-refractivity contribution is -0.141. The van der Waals surface area contributed by atoms with Crippen LogP contribution in [0.4, 0.5) is 0 Å². The first-order valence-corrected chi connectivity index (χ1v) is 4.89. The second kappa shape index (κ2) is 4.09. The Morgan fingerprint density at radius 2 is 2.31 bits per heavy atom. The summed E-state index contributed by atoms with van der Waals surface area (Å²) in [5.41, 5.74) is -0.0541. The maximum absolute atomic E-state index is 10.3. The fourth-order valence-corrected chi connectivity index (χ4v) is 1.81. The van der Waals surface area contributed by atoms with Crippen LogP contribution in [0.15, 0.2) is 0 Å². The van der Waals surface area contributed by atoms with Crippen LogP contribution in [0.5, 0.6) is 0 Å². The topological polar surface area (TPSA) is 46.5 Å². The van der Waals surface area contributed by atoms with Crippen LogP contribution in [0.1, 0.15) is 46.0 Å². The van der Waals surface area contributed by atoms with E-state index in [2.05, 4.69) is 13.8 Å². The van der Waals surface area contributed by atoms with E-state index in [0.717, 1.165) is 19.3 Å². The lowest BCUT2D eigenvalue weighted by atomic mass is 9.93. The number of rotatable bonds is 3. The van der Waals surface area contributed by atoms with E-state index in [-0.39, 0.29) is 18.1 Å². The molecule has 0 bridgehead atoms. The molecule has 13 heavy (non-hydrogen) atoms. The molecule has 0 aromatic rings. The van der Waals surface area contributed by atoms with Gasteiger partial charge in [-0.05, 0) is 39.5 Å². The van der Waals surface area contributed by atoms with E-state index in [1.165, 1.54) is 0 Å². The van der Waals surface area contributed by atoms with Crippen molar-refractivity contribution >= 4 is 5.97 Å². The van der Waals surface area contributed by atoms with E-state index >= 15 is 0 Å². The Bertz CT molecular complexity index is 187. The van der Waals surface area contributed by atoms with Crippen LogP contribution in [0, 0.1) is 0 Å². The van der Waals surface area contributed by atoms with Gasteiger partial charge < -0.3 is 9.84 Å². The van der Waals surface area contributed by atoms with Gasteiger partial charge in [0.1, 0.15) is 0 Å². The normalized spacial score (nSPS) is 27.1. The molecule has 0 aromatic heterocycles. The van der Waals surface area contributed by atoms with E-state index in [9.17, 15) is 4.79 Å².